The molecule has 1 aliphatic heterocycles. The molecule has 2 atom stereocenters. The lowest BCUT2D eigenvalue weighted by Gasteiger charge is -2.36. The van der Waals surface area contributed by atoms with Crippen molar-refractivity contribution in [1.82, 2.24) is 4.90 Å². The van der Waals surface area contributed by atoms with Crippen LogP contribution in [-0.2, 0) is 14.3 Å². The van der Waals surface area contributed by atoms with Gasteiger partial charge in [-0.15, -0.1) is 0 Å². The zero-order valence-electron chi connectivity index (χ0n) is 11.8. The number of benzene rings is 1. The van der Waals surface area contributed by atoms with E-state index in [9.17, 15) is 9.18 Å². The largest absolute Gasteiger partial charge is 0.468 e. The summed E-state index contributed by atoms with van der Waals surface area (Å²) in [6.45, 7) is 3.98. The molecule has 20 heavy (non-hydrogen) atoms. The molecule has 0 saturated carbocycles. The minimum Gasteiger partial charge on any atom is -0.468 e. The molecular formula is C15H20FNO3. The quantitative estimate of drug-likeness (QED) is 0.793. The number of ether oxygens (including phenoxy) is 2. The van der Waals surface area contributed by atoms with Crippen LogP contribution in [0, 0.1) is 5.82 Å². The summed E-state index contributed by atoms with van der Waals surface area (Å²) in [5.74, 6) is -0.640. The monoisotopic (exact) mass is 281 g/mol. The molecule has 0 aromatic heterocycles. The molecule has 2 rings (SSSR count). The Morgan fingerprint density at radius 3 is 2.80 bits per heavy atom. The fourth-order valence-corrected chi connectivity index (χ4v) is 2.48. The summed E-state index contributed by atoms with van der Waals surface area (Å²) >= 11 is 0. The van der Waals surface area contributed by atoms with E-state index in [0.29, 0.717) is 19.7 Å². The summed E-state index contributed by atoms with van der Waals surface area (Å²) in [7, 11) is 1.37. The van der Waals surface area contributed by atoms with Gasteiger partial charge in [0.05, 0.1) is 19.8 Å². The number of hydrogen-bond donors (Lipinski definition) is 0. The molecule has 0 amide bonds. The first-order chi connectivity index (χ1) is 9.65. The fraction of sp³-hybridized carbons (Fsp3) is 0.533. The summed E-state index contributed by atoms with van der Waals surface area (Å²) in [5.41, 5.74) is 0.745. The van der Waals surface area contributed by atoms with Crippen molar-refractivity contribution < 1.29 is 18.7 Å². The minimum atomic E-state index is -0.501. The average Bonchev–Trinajstić information content (AvgIpc) is 2.49. The molecule has 1 aromatic carbocycles. The topological polar surface area (TPSA) is 38.8 Å². The normalized spacial score (nSPS) is 21.4. The zero-order valence-corrected chi connectivity index (χ0v) is 11.8. The van der Waals surface area contributed by atoms with Crippen molar-refractivity contribution in [3.05, 3.63) is 35.6 Å². The van der Waals surface area contributed by atoms with Crippen molar-refractivity contribution in [2.45, 2.75) is 25.5 Å². The fourth-order valence-electron chi connectivity index (χ4n) is 2.48. The molecule has 0 bridgehead atoms. The van der Waals surface area contributed by atoms with Gasteiger partial charge in [0, 0.05) is 13.1 Å². The lowest BCUT2D eigenvalue weighted by atomic mass is 10.0. The third kappa shape index (κ3) is 3.35. The Morgan fingerprint density at radius 1 is 1.50 bits per heavy atom. The van der Waals surface area contributed by atoms with E-state index in [4.69, 9.17) is 9.47 Å². The van der Waals surface area contributed by atoms with Crippen LogP contribution in [0.4, 0.5) is 4.39 Å². The number of esters is 1. The molecule has 1 aromatic rings. The summed E-state index contributed by atoms with van der Waals surface area (Å²) in [6.07, 6.45) is 1.02. The summed E-state index contributed by atoms with van der Waals surface area (Å²) in [6, 6.07) is 5.49. The van der Waals surface area contributed by atoms with Crippen molar-refractivity contribution in [2.24, 2.45) is 0 Å². The summed E-state index contributed by atoms with van der Waals surface area (Å²) < 4.78 is 23.6. The number of methoxy groups -OCH3 is 1. The van der Waals surface area contributed by atoms with Gasteiger partial charge in [0.15, 0.2) is 0 Å². The molecule has 5 heteroatoms. The Morgan fingerprint density at radius 2 is 2.20 bits per heavy atom. The summed E-state index contributed by atoms with van der Waals surface area (Å²) in [4.78, 5) is 14.1. The van der Waals surface area contributed by atoms with E-state index in [1.807, 2.05) is 4.90 Å². The van der Waals surface area contributed by atoms with Gasteiger partial charge in [-0.25, -0.2) is 9.18 Å². The highest BCUT2D eigenvalue weighted by Crippen LogP contribution is 2.25. The third-order valence-corrected chi connectivity index (χ3v) is 3.60. The lowest BCUT2D eigenvalue weighted by Crippen LogP contribution is -2.46. The molecule has 0 unspecified atom stereocenters. The van der Waals surface area contributed by atoms with E-state index in [-0.39, 0.29) is 17.9 Å². The summed E-state index contributed by atoms with van der Waals surface area (Å²) in [5, 5.41) is 0. The van der Waals surface area contributed by atoms with Crippen LogP contribution in [-0.4, -0.2) is 43.8 Å². The van der Waals surface area contributed by atoms with Gasteiger partial charge in [0.25, 0.3) is 0 Å². The van der Waals surface area contributed by atoms with Crippen molar-refractivity contribution in [2.75, 3.05) is 26.8 Å². The van der Waals surface area contributed by atoms with E-state index in [0.717, 1.165) is 12.0 Å². The van der Waals surface area contributed by atoms with Crippen LogP contribution in [0.5, 0.6) is 0 Å². The molecule has 1 saturated heterocycles. The van der Waals surface area contributed by atoms with E-state index < -0.39 is 6.04 Å². The molecule has 4 nitrogen and oxygen atoms in total. The Hall–Kier alpha value is -1.46. The molecule has 0 N–H and O–H groups in total. The molecule has 1 aliphatic rings. The Bertz CT molecular complexity index is 449. The van der Waals surface area contributed by atoms with Crippen LogP contribution in [0.25, 0.3) is 0 Å². The van der Waals surface area contributed by atoms with Crippen LogP contribution in [0.3, 0.4) is 0 Å². The highest BCUT2D eigenvalue weighted by atomic mass is 19.1. The maximum atomic E-state index is 13.0. The zero-order chi connectivity index (χ0) is 14.5. The Kier molecular flexibility index (Phi) is 5.09. The Balaban J connectivity index is 2.23. The van der Waals surface area contributed by atoms with Crippen molar-refractivity contribution in [3.63, 3.8) is 0 Å². The molecule has 110 valence electrons. The van der Waals surface area contributed by atoms with Gasteiger partial charge in [-0.3, -0.25) is 4.90 Å². The molecule has 1 fully saturated rings. The predicted molar refractivity (Wildman–Crippen MR) is 72.8 cm³/mol. The number of halogens is 1. The highest BCUT2D eigenvalue weighted by molar-refractivity contribution is 5.77. The van der Waals surface area contributed by atoms with Crippen LogP contribution in [0.2, 0.25) is 0 Å². The second kappa shape index (κ2) is 6.81. The van der Waals surface area contributed by atoms with E-state index in [1.165, 1.54) is 19.2 Å². The average molecular weight is 281 g/mol. The van der Waals surface area contributed by atoms with E-state index >= 15 is 0 Å². The van der Waals surface area contributed by atoms with Gasteiger partial charge in [-0.1, -0.05) is 19.1 Å². The first kappa shape index (κ1) is 14.9. The standard InChI is InChI=1S/C15H20FNO3/c1-3-13-10-17(8-9-20-13)14(15(18)19-2)11-4-6-12(16)7-5-11/h4-7,13-14H,3,8-10H2,1-2H3/t13-,14+/m1/s1. The number of rotatable bonds is 4. The van der Waals surface area contributed by atoms with Gasteiger partial charge in [-0.05, 0) is 24.1 Å². The van der Waals surface area contributed by atoms with Crippen LogP contribution < -0.4 is 0 Å². The van der Waals surface area contributed by atoms with Crippen molar-refractivity contribution >= 4 is 5.97 Å². The van der Waals surface area contributed by atoms with Crippen LogP contribution in [0.15, 0.2) is 24.3 Å². The van der Waals surface area contributed by atoms with Gasteiger partial charge < -0.3 is 9.47 Å². The number of morpholine rings is 1. The minimum absolute atomic E-state index is 0.122. The molecule has 0 radical (unpaired) electrons. The van der Waals surface area contributed by atoms with Gasteiger partial charge >= 0.3 is 5.97 Å². The van der Waals surface area contributed by atoms with Gasteiger partial charge in [-0.2, -0.15) is 0 Å². The predicted octanol–water partition coefficient (Wildman–Crippen LogP) is 2.15. The van der Waals surface area contributed by atoms with Gasteiger partial charge in [0.2, 0.25) is 0 Å². The van der Waals surface area contributed by atoms with Crippen molar-refractivity contribution in [3.8, 4) is 0 Å². The SMILES string of the molecule is CC[C@@H]1CN([C@H](C(=O)OC)c2ccc(F)cc2)CCO1. The number of carbonyl (C=O) groups excluding carboxylic acids is 1. The van der Waals surface area contributed by atoms with E-state index in [2.05, 4.69) is 6.92 Å². The molecule has 0 aliphatic carbocycles. The molecule has 0 spiro atoms. The Labute approximate surface area is 118 Å². The third-order valence-electron chi connectivity index (χ3n) is 3.60. The first-order valence-corrected chi connectivity index (χ1v) is 6.84. The lowest BCUT2D eigenvalue weighted by molar-refractivity contribution is -0.150. The molecule has 1 heterocycles. The molecular weight excluding hydrogens is 261 g/mol. The van der Waals surface area contributed by atoms with Crippen LogP contribution >= 0.6 is 0 Å². The number of nitrogens with zero attached hydrogens (tertiary/aromatic N) is 1. The second-order valence-corrected chi connectivity index (χ2v) is 4.87. The van der Waals surface area contributed by atoms with Crippen molar-refractivity contribution in [1.29, 1.82) is 0 Å². The smallest absolute Gasteiger partial charge is 0.327 e. The number of hydrogen-bond acceptors (Lipinski definition) is 4. The first-order valence-electron chi connectivity index (χ1n) is 6.84. The van der Waals surface area contributed by atoms with E-state index in [1.54, 1.807) is 12.1 Å². The van der Waals surface area contributed by atoms with Gasteiger partial charge in [0.1, 0.15) is 11.9 Å². The van der Waals surface area contributed by atoms with Crippen LogP contribution in [0.1, 0.15) is 24.9 Å². The highest BCUT2D eigenvalue weighted by Gasteiger charge is 2.32. The maximum Gasteiger partial charge on any atom is 0.327 e. The second-order valence-electron chi connectivity index (χ2n) is 4.87. The maximum absolute atomic E-state index is 13.0. The number of carbonyl (C=O) groups is 1.